The smallest absolute Gasteiger partial charge is 0.240 e. The monoisotopic (exact) mass is 373 g/mol. The van der Waals surface area contributed by atoms with Crippen LogP contribution in [0, 0.1) is 6.92 Å². The predicted octanol–water partition coefficient (Wildman–Crippen LogP) is 2.95. The molecule has 0 aliphatic rings. The molecule has 0 amide bonds. The number of sulfonamides is 1. The lowest BCUT2D eigenvalue weighted by atomic mass is 10.3. The van der Waals surface area contributed by atoms with E-state index in [9.17, 15) is 8.42 Å². The van der Waals surface area contributed by atoms with Crippen molar-refractivity contribution in [1.82, 2.24) is 14.1 Å². The molecule has 138 valence electrons. The summed E-state index contributed by atoms with van der Waals surface area (Å²) in [7, 11) is -3.55. The summed E-state index contributed by atoms with van der Waals surface area (Å²) in [6, 6.07) is 12.3. The lowest BCUT2D eigenvalue weighted by Gasteiger charge is -2.10. The number of imidazole rings is 1. The van der Waals surface area contributed by atoms with Crippen molar-refractivity contribution in [3.8, 4) is 5.75 Å². The molecule has 2 heterocycles. The van der Waals surface area contributed by atoms with Crippen LogP contribution in [0.25, 0.3) is 5.65 Å². The Bertz CT molecular complexity index is 993. The molecule has 2 aromatic heterocycles. The zero-order chi connectivity index (χ0) is 18.7. The highest BCUT2D eigenvalue weighted by atomic mass is 32.2. The highest BCUT2D eigenvalue weighted by Crippen LogP contribution is 2.17. The van der Waals surface area contributed by atoms with Gasteiger partial charge in [0, 0.05) is 24.9 Å². The fourth-order valence-corrected chi connectivity index (χ4v) is 3.72. The molecule has 0 atom stereocenters. The van der Waals surface area contributed by atoms with Crippen LogP contribution in [0.3, 0.4) is 0 Å². The lowest BCUT2D eigenvalue weighted by molar-refractivity contribution is 0.242. The number of benzene rings is 1. The van der Waals surface area contributed by atoms with E-state index >= 15 is 0 Å². The van der Waals surface area contributed by atoms with Gasteiger partial charge in [-0.05, 0) is 57.2 Å². The molecule has 0 unspecified atom stereocenters. The number of fused-ring (bicyclic) bond motifs is 1. The quantitative estimate of drug-likeness (QED) is 0.691. The van der Waals surface area contributed by atoms with Crippen molar-refractivity contribution in [2.45, 2.75) is 38.2 Å². The maximum Gasteiger partial charge on any atom is 0.240 e. The first-order valence-electron chi connectivity index (χ1n) is 8.55. The Labute approximate surface area is 153 Å². The van der Waals surface area contributed by atoms with Crippen LogP contribution in [-0.4, -0.2) is 30.5 Å². The van der Waals surface area contributed by atoms with Crippen molar-refractivity contribution < 1.29 is 13.2 Å². The van der Waals surface area contributed by atoms with E-state index in [0.29, 0.717) is 12.2 Å². The third-order valence-corrected chi connectivity index (χ3v) is 5.40. The van der Waals surface area contributed by atoms with E-state index in [1.54, 1.807) is 24.3 Å². The summed E-state index contributed by atoms with van der Waals surface area (Å²) in [5, 5.41) is 0. The molecule has 0 saturated carbocycles. The zero-order valence-electron chi connectivity index (χ0n) is 15.1. The summed E-state index contributed by atoms with van der Waals surface area (Å²) in [4.78, 5) is 4.74. The van der Waals surface area contributed by atoms with Gasteiger partial charge in [0.05, 0.1) is 16.7 Å². The van der Waals surface area contributed by atoms with Crippen molar-refractivity contribution in [2.24, 2.45) is 0 Å². The number of ether oxygens (including phenoxy) is 1. The average molecular weight is 373 g/mol. The first kappa shape index (κ1) is 18.4. The molecule has 0 aliphatic heterocycles. The van der Waals surface area contributed by atoms with Crippen LogP contribution in [0.2, 0.25) is 0 Å². The molecule has 0 fully saturated rings. The van der Waals surface area contributed by atoms with E-state index in [1.165, 1.54) is 0 Å². The van der Waals surface area contributed by atoms with E-state index in [-0.39, 0.29) is 17.5 Å². The van der Waals surface area contributed by atoms with Crippen LogP contribution < -0.4 is 9.46 Å². The second-order valence-corrected chi connectivity index (χ2v) is 8.18. The number of aromatic nitrogens is 2. The summed E-state index contributed by atoms with van der Waals surface area (Å²) >= 11 is 0. The summed E-state index contributed by atoms with van der Waals surface area (Å²) in [5.41, 5.74) is 2.80. The third kappa shape index (κ3) is 4.23. The van der Waals surface area contributed by atoms with Crippen molar-refractivity contribution in [3.05, 3.63) is 60.0 Å². The van der Waals surface area contributed by atoms with Crippen molar-refractivity contribution in [1.29, 1.82) is 0 Å². The fraction of sp³-hybridized carbons (Fsp3) is 0.316. The van der Waals surface area contributed by atoms with E-state index < -0.39 is 10.0 Å². The molecule has 0 bridgehead atoms. The number of nitrogens with zero attached hydrogens (tertiary/aromatic N) is 2. The summed E-state index contributed by atoms with van der Waals surface area (Å²) in [6.07, 6.45) is 2.51. The molecule has 0 aliphatic carbocycles. The molecule has 7 heteroatoms. The van der Waals surface area contributed by atoms with Gasteiger partial charge in [-0.1, -0.05) is 6.07 Å². The Balaban J connectivity index is 1.63. The van der Waals surface area contributed by atoms with Gasteiger partial charge in [0.25, 0.3) is 0 Å². The van der Waals surface area contributed by atoms with Gasteiger partial charge in [0.2, 0.25) is 10.0 Å². The van der Waals surface area contributed by atoms with Gasteiger partial charge >= 0.3 is 0 Å². The normalized spacial score (nSPS) is 12.0. The number of rotatable bonds is 7. The van der Waals surface area contributed by atoms with Crippen LogP contribution in [0.4, 0.5) is 0 Å². The molecule has 6 nitrogen and oxygen atoms in total. The second-order valence-electron chi connectivity index (χ2n) is 6.41. The Morgan fingerprint density at radius 3 is 2.54 bits per heavy atom. The number of hydrogen-bond acceptors (Lipinski definition) is 4. The molecule has 0 radical (unpaired) electrons. The van der Waals surface area contributed by atoms with E-state index in [1.807, 2.05) is 49.6 Å². The SMILES string of the molecule is Cc1cccc2nc(CCNS(=O)(=O)c3ccc(OC(C)C)cc3)cn12. The molecule has 0 saturated heterocycles. The molecule has 1 N–H and O–H groups in total. The summed E-state index contributed by atoms with van der Waals surface area (Å²) in [6.45, 7) is 6.14. The first-order valence-corrected chi connectivity index (χ1v) is 10.0. The minimum Gasteiger partial charge on any atom is -0.491 e. The Kier molecular flexibility index (Phi) is 5.29. The van der Waals surface area contributed by atoms with Gasteiger partial charge in [-0.2, -0.15) is 0 Å². The number of aryl methyl sites for hydroxylation is 1. The van der Waals surface area contributed by atoms with Gasteiger partial charge in [0.1, 0.15) is 11.4 Å². The van der Waals surface area contributed by atoms with Gasteiger partial charge < -0.3 is 9.14 Å². The average Bonchev–Trinajstić information content (AvgIpc) is 2.99. The van der Waals surface area contributed by atoms with Crippen LogP contribution in [0.1, 0.15) is 25.2 Å². The number of nitrogens with one attached hydrogen (secondary N) is 1. The van der Waals surface area contributed by atoms with Crippen LogP contribution >= 0.6 is 0 Å². The van der Waals surface area contributed by atoms with Crippen LogP contribution in [-0.2, 0) is 16.4 Å². The molecule has 0 spiro atoms. The highest BCUT2D eigenvalue weighted by molar-refractivity contribution is 7.89. The molecule has 26 heavy (non-hydrogen) atoms. The minimum absolute atomic E-state index is 0.0460. The fourth-order valence-electron chi connectivity index (χ4n) is 2.69. The Morgan fingerprint density at radius 2 is 1.88 bits per heavy atom. The van der Waals surface area contributed by atoms with E-state index in [0.717, 1.165) is 17.0 Å². The molecule has 3 aromatic rings. The van der Waals surface area contributed by atoms with Gasteiger partial charge in [0.15, 0.2) is 0 Å². The minimum atomic E-state index is -3.55. The molecular formula is C19H23N3O3S. The molecular weight excluding hydrogens is 350 g/mol. The number of pyridine rings is 1. The van der Waals surface area contributed by atoms with Crippen LogP contribution in [0.15, 0.2) is 53.6 Å². The van der Waals surface area contributed by atoms with Crippen LogP contribution in [0.5, 0.6) is 5.75 Å². The van der Waals surface area contributed by atoms with Gasteiger partial charge in [-0.3, -0.25) is 0 Å². The highest BCUT2D eigenvalue weighted by Gasteiger charge is 2.14. The van der Waals surface area contributed by atoms with E-state index in [2.05, 4.69) is 9.71 Å². The molecule has 3 rings (SSSR count). The van der Waals surface area contributed by atoms with E-state index in [4.69, 9.17) is 4.74 Å². The maximum absolute atomic E-state index is 12.4. The topological polar surface area (TPSA) is 72.7 Å². The standard InChI is InChI=1S/C19H23N3O3S/c1-14(2)25-17-7-9-18(10-8-17)26(23,24)20-12-11-16-13-22-15(3)5-4-6-19(22)21-16/h4-10,13-14,20H,11-12H2,1-3H3. The van der Waals surface area contributed by atoms with Crippen molar-refractivity contribution in [2.75, 3.05) is 6.54 Å². The van der Waals surface area contributed by atoms with Crippen molar-refractivity contribution in [3.63, 3.8) is 0 Å². The largest absolute Gasteiger partial charge is 0.491 e. The Morgan fingerprint density at radius 1 is 1.15 bits per heavy atom. The zero-order valence-corrected chi connectivity index (χ0v) is 16.0. The summed E-state index contributed by atoms with van der Waals surface area (Å²) < 4.78 is 35.0. The first-order chi connectivity index (χ1) is 12.3. The van der Waals surface area contributed by atoms with Crippen molar-refractivity contribution >= 4 is 15.7 Å². The molecule has 1 aromatic carbocycles. The van der Waals surface area contributed by atoms with Gasteiger partial charge in [-0.25, -0.2) is 18.1 Å². The number of hydrogen-bond donors (Lipinski definition) is 1. The third-order valence-electron chi connectivity index (χ3n) is 3.92. The maximum atomic E-state index is 12.4. The summed E-state index contributed by atoms with van der Waals surface area (Å²) in [5.74, 6) is 0.652. The van der Waals surface area contributed by atoms with Gasteiger partial charge in [-0.15, -0.1) is 0 Å². The predicted molar refractivity (Wildman–Crippen MR) is 101 cm³/mol. The lowest BCUT2D eigenvalue weighted by Crippen LogP contribution is -2.26. The Hall–Kier alpha value is -2.38. The second kappa shape index (κ2) is 7.47.